The molecular formula is C17H20N4OS. The number of hydrogen-bond acceptors (Lipinski definition) is 4. The fraction of sp³-hybridized carbons (Fsp3) is 0.353. The Morgan fingerprint density at radius 1 is 1.35 bits per heavy atom. The quantitative estimate of drug-likeness (QED) is 0.531. The van der Waals surface area contributed by atoms with E-state index < -0.39 is 0 Å². The summed E-state index contributed by atoms with van der Waals surface area (Å²) in [4.78, 5) is 20.2. The number of aryl methyl sites for hydroxylation is 1. The molecule has 3 aromatic rings. The Morgan fingerprint density at radius 3 is 2.87 bits per heavy atom. The van der Waals surface area contributed by atoms with Crippen LogP contribution in [-0.4, -0.2) is 31.7 Å². The second-order valence-corrected chi connectivity index (χ2v) is 6.71. The Kier molecular flexibility index (Phi) is 4.52. The summed E-state index contributed by atoms with van der Waals surface area (Å²) >= 11 is 1.37. The molecule has 6 heteroatoms. The first-order valence-corrected chi connectivity index (χ1v) is 8.76. The molecule has 0 aliphatic carbocycles. The molecule has 0 saturated carbocycles. The van der Waals surface area contributed by atoms with Gasteiger partial charge in [0.1, 0.15) is 5.82 Å². The van der Waals surface area contributed by atoms with Crippen molar-refractivity contribution in [2.75, 3.05) is 5.75 Å². The molecule has 0 aliphatic rings. The third-order valence-electron chi connectivity index (χ3n) is 3.84. The van der Waals surface area contributed by atoms with Crippen molar-refractivity contribution in [2.45, 2.75) is 38.3 Å². The first kappa shape index (κ1) is 15.8. The van der Waals surface area contributed by atoms with Gasteiger partial charge in [0.2, 0.25) is 5.16 Å². The Morgan fingerprint density at radius 2 is 2.17 bits per heavy atom. The Hall–Kier alpha value is -2.08. The molecule has 0 spiro atoms. The number of Topliss-reactive ketones (excluding diaryl/α,β-unsaturated/α-hetero) is 1. The van der Waals surface area contributed by atoms with Gasteiger partial charge in [-0.25, -0.2) is 4.98 Å². The highest BCUT2D eigenvalue weighted by Crippen LogP contribution is 2.24. The van der Waals surface area contributed by atoms with Crippen LogP contribution in [0.1, 0.15) is 48.4 Å². The van der Waals surface area contributed by atoms with Crippen LogP contribution in [0.5, 0.6) is 0 Å². The van der Waals surface area contributed by atoms with Crippen LogP contribution in [0.15, 0.2) is 29.6 Å². The molecule has 0 radical (unpaired) electrons. The van der Waals surface area contributed by atoms with Gasteiger partial charge >= 0.3 is 0 Å². The first-order chi connectivity index (χ1) is 11.1. The number of thioether (sulfide) groups is 1. The van der Waals surface area contributed by atoms with E-state index in [0.29, 0.717) is 16.8 Å². The number of aromatic nitrogens is 4. The van der Waals surface area contributed by atoms with Crippen molar-refractivity contribution in [1.82, 2.24) is 20.2 Å². The lowest BCUT2D eigenvalue weighted by Crippen LogP contribution is -2.01. The van der Waals surface area contributed by atoms with E-state index in [1.54, 1.807) is 0 Å². The molecule has 2 heterocycles. The third kappa shape index (κ3) is 3.17. The van der Waals surface area contributed by atoms with Gasteiger partial charge in [0, 0.05) is 28.6 Å². The van der Waals surface area contributed by atoms with E-state index in [1.807, 2.05) is 18.3 Å². The van der Waals surface area contributed by atoms with Gasteiger partial charge in [-0.3, -0.25) is 9.89 Å². The molecule has 23 heavy (non-hydrogen) atoms. The zero-order chi connectivity index (χ0) is 16.4. The summed E-state index contributed by atoms with van der Waals surface area (Å²) in [5.74, 6) is 1.57. The SMILES string of the molecule is CCc1cccc2c(C(=O)CSc3n[nH]c(C(C)C)n3)c[nH]c12. The van der Waals surface area contributed by atoms with Crippen LogP contribution in [0, 0.1) is 0 Å². The van der Waals surface area contributed by atoms with Crippen LogP contribution in [0.2, 0.25) is 0 Å². The average molecular weight is 328 g/mol. The van der Waals surface area contributed by atoms with E-state index >= 15 is 0 Å². The monoisotopic (exact) mass is 328 g/mol. The molecule has 3 rings (SSSR count). The number of para-hydroxylation sites is 1. The molecule has 5 nitrogen and oxygen atoms in total. The lowest BCUT2D eigenvalue weighted by Gasteiger charge is -2.00. The molecule has 0 fully saturated rings. The summed E-state index contributed by atoms with van der Waals surface area (Å²) in [6.45, 7) is 6.22. The van der Waals surface area contributed by atoms with Gasteiger partial charge in [-0.2, -0.15) is 0 Å². The molecule has 0 atom stereocenters. The largest absolute Gasteiger partial charge is 0.360 e. The molecule has 1 aromatic carbocycles. The topological polar surface area (TPSA) is 74.4 Å². The molecule has 120 valence electrons. The van der Waals surface area contributed by atoms with Crippen molar-refractivity contribution in [3.8, 4) is 0 Å². The number of carbonyl (C=O) groups is 1. The van der Waals surface area contributed by atoms with E-state index in [0.717, 1.165) is 28.7 Å². The molecule has 0 saturated heterocycles. The fourth-order valence-corrected chi connectivity index (χ4v) is 3.22. The summed E-state index contributed by atoms with van der Waals surface area (Å²) in [5, 5.41) is 8.67. The van der Waals surface area contributed by atoms with Gasteiger partial charge in [-0.05, 0) is 12.0 Å². The maximum Gasteiger partial charge on any atom is 0.208 e. The normalized spacial score (nSPS) is 11.5. The van der Waals surface area contributed by atoms with Gasteiger partial charge < -0.3 is 4.98 Å². The molecule has 2 aromatic heterocycles. The Bertz CT molecular complexity index is 834. The minimum Gasteiger partial charge on any atom is -0.360 e. The Balaban J connectivity index is 1.75. The van der Waals surface area contributed by atoms with Crippen LogP contribution in [0.4, 0.5) is 0 Å². The van der Waals surface area contributed by atoms with E-state index in [9.17, 15) is 4.79 Å². The van der Waals surface area contributed by atoms with Crippen molar-refractivity contribution < 1.29 is 4.79 Å². The van der Waals surface area contributed by atoms with Gasteiger partial charge in [-0.1, -0.05) is 50.7 Å². The summed E-state index contributed by atoms with van der Waals surface area (Å²) in [7, 11) is 0. The number of hydrogen-bond donors (Lipinski definition) is 2. The van der Waals surface area contributed by atoms with E-state index in [-0.39, 0.29) is 5.78 Å². The summed E-state index contributed by atoms with van der Waals surface area (Å²) in [5.41, 5.74) is 3.02. The highest BCUT2D eigenvalue weighted by atomic mass is 32.2. The number of nitrogens with zero attached hydrogens (tertiary/aromatic N) is 2. The number of aromatic amines is 2. The van der Waals surface area contributed by atoms with Gasteiger partial charge in [-0.15, -0.1) is 5.10 Å². The number of nitrogens with one attached hydrogen (secondary N) is 2. The summed E-state index contributed by atoms with van der Waals surface area (Å²) < 4.78 is 0. The molecule has 2 N–H and O–H groups in total. The predicted molar refractivity (Wildman–Crippen MR) is 93.2 cm³/mol. The van der Waals surface area contributed by atoms with Crippen LogP contribution >= 0.6 is 11.8 Å². The van der Waals surface area contributed by atoms with Crippen molar-refractivity contribution in [3.05, 3.63) is 41.3 Å². The highest BCUT2D eigenvalue weighted by molar-refractivity contribution is 7.99. The number of H-pyrrole nitrogens is 2. The maximum absolute atomic E-state index is 12.5. The minimum absolute atomic E-state index is 0.0883. The second-order valence-electron chi connectivity index (χ2n) is 5.77. The number of benzene rings is 1. The van der Waals surface area contributed by atoms with Crippen LogP contribution in [0.3, 0.4) is 0 Å². The van der Waals surface area contributed by atoms with Gasteiger partial charge in [0.15, 0.2) is 5.78 Å². The third-order valence-corrected chi connectivity index (χ3v) is 4.69. The van der Waals surface area contributed by atoms with E-state index in [2.05, 4.69) is 47.0 Å². The standard InChI is InChI=1S/C17H20N4OS/c1-4-11-6-5-7-12-13(8-18-15(11)12)14(22)9-23-17-19-16(10(2)3)20-21-17/h5-8,10,18H,4,9H2,1-3H3,(H,19,20,21). The maximum atomic E-state index is 12.5. The number of fused-ring (bicyclic) bond motifs is 1. The minimum atomic E-state index is 0.0883. The Labute approximate surface area is 139 Å². The van der Waals surface area contributed by atoms with E-state index in [4.69, 9.17) is 0 Å². The number of ketones is 1. The molecular weight excluding hydrogens is 308 g/mol. The molecule has 0 amide bonds. The smallest absolute Gasteiger partial charge is 0.208 e. The van der Waals surface area contributed by atoms with Gasteiger partial charge in [0.05, 0.1) is 5.75 Å². The van der Waals surface area contributed by atoms with Crippen LogP contribution < -0.4 is 0 Å². The van der Waals surface area contributed by atoms with Crippen LogP contribution in [0.25, 0.3) is 10.9 Å². The summed E-state index contributed by atoms with van der Waals surface area (Å²) in [6, 6.07) is 6.08. The first-order valence-electron chi connectivity index (χ1n) is 7.77. The van der Waals surface area contributed by atoms with Crippen molar-refractivity contribution >= 4 is 28.4 Å². The lowest BCUT2D eigenvalue weighted by atomic mass is 10.1. The second kappa shape index (κ2) is 6.58. The van der Waals surface area contributed by atoms with E-state index in [1.165, 1.54) is 17.3 Å². The highest BCUT2D eigenvalue weighted by Gasteiger charge is 2.15. The van der Waals surface area contributed by atoms with Crippen molar-refractivity contribution in [1.29, 1.82) is 0 Å². The van der Waals surface area contributed by atoms with Crippen LogP contribution in [-0.2, 0) is 6.42 Å². The zero-order valence-electron chi connectivity index (χ0n) is 13.5. The predicted octanol–water partition coefficient (Wildman–Crippen LogP) is 3.95. The molecule has 0 aliphatic heterocycles. The van der Waals surface area contributed by atoms with Crippen molar-refractivity contribution in [2.24, 2.45) is 0 Å². The number of rotatable bonds is 6. The lowest BCUT2D eigenvalue weighted by molar-refractivity contribution is 0.102. The summed E-state index contributed by atoms with van der Waals surface area (Å²) in [6.07, 6.45) is 2.75. The zero-order valence-corrected chi connectivity index (χ0v) is 14.3. The van der Waals surface area contributed by atoms with Crippen molar-refractivity contribution in [3.63, 3.8) is 0 Å². The average Bonchev–Trinajstić information content (AvgIpc) is 3.19. The molecule has 0 unspecified atom stereocenters. The molecule has 0 bridgehead atoms. The number of carbonyl (C=O) groups excluding carboxylic acids is 1. The fourth-order valence-electron chi connectivity index (χ4n) is 2.53. The van der Waals surface area contributed by atoms with Gasteiger partial charge in [0.25, 0.3) is 0 Å².